The van der Waals surface area contributed by atoms with Crippen LogP contribution in [0.25, 0.3) is 0 Å². The van der Waals surface area contributed by atoms with Crippen molar-refractivity contribution in [3.05, 3.63) is 48.0 Å². The Morgan fingerprint density at radius 1 is 1.25 bits per heavy atom. The molecular formula is C18H25NO5. The highest BCUT2D eigenvalue weighted by Crippen LogP contribution is 2.15. The van der Waals surface area contributed by atoms with Crippen molar-refractivity contribution in [2.45, 2.75) is 39.0 Å². The number of carbonyl (C=O) groups excluding carboxylic acids is 2. The maximum Gasteiger partial charge on any atom is 0.407 e. The number of nitrogens with one attached hydrogen (secondary N) is 1. The van der Waals surface area contributed by atoms with E-state index < -0.39 is 24.2 Å². The normalized spacial score (nSPS) is 13.0. The molecule has 0 aliphatic carbocycles. The molecule has 0 radical (unpaired) electrons. The summed E-state index contributed by atoms with van der Waals surface area (Å²) in [6.07, 6.45) is -1.59. The van der Waals surface area contributed by atoms with Crippen LogP contribution in [0.4, 0.5) is 4.79 Å². The first kappa shape index (κ1) is 19.7. The highest BCUT2D eigenvalue weighted by molar-refractivity contribution is 5.87. The van der Waals surface area contributed by atoms with Crippen LogP contribution in [0, 0.1) is 5.92 Å². The number of aliphatic hydroxyl groups excluding tert-OH is 1. The van der Waals surface area contributed by atoms with E-state index in [0.29, 0.717) is 0 Å². The number of hydrogen-bond acceptors (Lipinski definition) is 5. The second kappa shape index (κ2) is 9.72. The monoisotopic (exact) mass is 335 g/mol. The summed E-state index contributed by atoms with van der Waals surface area (Å²) in [5, 5.41) is 12.9. The second-order valence-electron chi connectivity index (χ2n) is 5.84. The number of rotatable bonds is 8. The van der Waals surface area contributed by atoms with Crippen molar-refractivity contribution in [1.29, 1.82) is 0 Å². The molecule has 2 N–H and O–H groups in total. The molecule has 24 heavy (non-hydrogen) atoms. The third kappa shape index (κ3) is 6.42. The number of alkyl carbamates (subject to hydrolysis) is 1. The molecule has 6 heteroatoms. The lowest BCUT2D eigenvalue weighted by atomic mass is 9.94. The molecule has 0 aliphatic rings. The number of amides is 1. The van der Waals surface area contributed by atoms with Crippen LogP contribution >= 0.6 is 0 Å². The molecule has 0 bridgehead atoms. The lowest BCUT2D eigenvalue weighted by Crippen LogP contribution is -2.47. The molecule has 2 atom stereocenters. The lowest BCUT2D eigenvalue weighted by molar-refractivity contribution is -0.136. The van der Waals surface area contributed by atoms with Crippen LogP contribution in [0.3, 0.4) is 0 Å². The summed E-state index contributed by atoms with van der Waals surface area (Å²) in [5.74, 6) is -0.641. The number of esters is 1. The molecule has 0 fully saturated rings. The molecule has 0 saturated carbocycles. The van der Waals surface area contributed by atoms with Crippen molar-refractivity contribution in [2.75, 3.05) is 7.11 Å². The Kier molecular flexibility index (Phi) is 7.98. The minimum atomic E-state index is -0.971. The van der Waals surface area contributed by atoms with Gasteiger partial charge in [0.05, 0.1) is 19.3 Å². The molecule has 0 aromatic heterocycles. The molecule has 1 amide bonds. The summed E-state index contributed by atoms with van der Waals surface area (Å²) in [6, 6.07) is 8.72. The zero-order valence-electron chi connectivity index (χ0n) is 14.3. The van der Waals surface area contributed by atoms with Crippen LogP contribution in [0.15, 0.2) is 42.5 Å². The first-order valence-corrected chi connectivity index (χ1v) is 7.76. The van der Waals surface area contributed by atoms with Gasteiger partial charge < -0.3 is 19.9 Å². The molecule has 1 rings (SSSR count). The first-order chi connectivity index (χ1) is 11.3. The van der Waals surface area contributed by atoms with Crippen molar-refractivity contribution in [2.24, 2.45) is 5.92 Å². The lowest BCUT2D eigenvalue weighted by Gasteiger charge is -2.27. The molecule has 0 saturated heterocycles. The molecule has 0 heterocycles. The molecule has 132 valence electrons. The highest BCUT2D eigenvalue weighted by Gasteiger charge is 2.27. The van der Waals surface area contributed by atoms with Crippen molar-refractivity contribution >= 4 is 12.1 Å². The van der Waals surface area contributed by atoms with Crippen LogP contribution in [-0.2, 0) is 20.9 Å². The Labute approximate surface area is 142 Å². The van der Waals surface area contributed by atoms with Crippen LogP contribution in [0.5, 0.6) is 0 Å². The number of aliphatic hydroxyl groups is 1. The summed E-state index contributed by atoms with van der Waals surface area (Å²) in [4.78, 5) is 23.3. The largest absolute Gasteiger partial charge is 0.466 e. The van der Waals surface area contributed by atoms with E-state index in [-0.39, 0.29) is 24.5 Å². The quantitative estimate of drug-likeness (QED) is 0.563. The predicted molar refractivity (Wildman–Crippen MR) is 90.2 cm³/mol. The van der Waals surface area contributed by atoms with Crippen molar-refractivity contribution < 1.29 is 24.2 Å². The van der Waals surface area contributed by atoms with E-state index in [1.807, 2.05) is 44.2 Å². The van der Waals surface area contributed by atoms with Crippen LogP contribution in [0.1, 0.15) is 25.8 Å². The Bertz CT molecular complexity index is 556. The second-order valence-corrected chi connectivity index (χ2v) is 5.84. The van der Waals surface area contributed by atoms with Gasteiger partial charge in [0, 0.05) is 12.0 Å². The predicted octanol–water partition coefficient (Wildman–Crippen LogP) is 2.42. The SMILES string of the molecule is C=C(C[C@@H](O)[C@@H](NC(=O)OCc1ccccc1)C(C)C)C(=O)OC. The van der Waals surface area contributed by atoms with E-state index >= 15 is 0 Å². The van der Waals surface area contributed by atoms with Gasteiger partial charge in [-0.25, -0.2) is 9.59 Å². The number of hydrogen-bond donors (Lipinski definition) is 2. The summed E-state index contributed by atoms with van der Waals surface area (Å²) in [6.45, 7) is 7.43. The number of carbonyl (C=O) groups is 2. The van der Waals surface area contributed by atoms with Crippen LogP contribution in [-0.4, -0.2) is 36.4 Å². The van der Waals surface area contributed by atoms with Gasteiger partial charge in [-0.15, -0.1) is 0 Å². The Hall–Kier alpha value is -2.34. The maximum absolute atomic E-state index is 12.0. The van der Waals surface area contributed by atoms with Gasteiger partial charge in [-0.3, -0.25) is 0 Å². The van der Waals surface area contributed by atoms with Gasteiger partial charge in [-0.1, -0.05) is 50.8 Å². The minimum absolute atomic E-state index is 0.00842. The van der Waals surface area contributed by atoms with E-state index in [9.17, 15) is 14.7 Å². The molecule has 1 aromatic rings. The highest BCUT2D eigenvalue weighted by atomic mass is 16.5. The van der Waals surface area contributed by atoms with Gasteiger partial charge in [0.1, 0.15) is 6.61 Å². The molecule has 1 aromatic carbocycles. The van der Waals surface area contributed by atoms with Gasteiger partial charge >= 0.3 is 12.1 Å². The molecule has 0 unspecified atom stereocenters. The maximum atomic E-state index is 12.0. The van der Waals surface area contributed by atoms with Gasteiger partial charge in [0.2, 0.25) is 0 Å². The Balaban J connectivity index is 2.56. The average molecular weight is 335 g/mol. The minimum Gasteiger partial charge on any atom is -0.466 e. The van der Waals surface area contributed by atoms with E-state index in [1.54, 1.807) is 0 Å². The molecule has 6 nitrogen and oxygen atoms in total. The first-order valence-electron chi connectivity index (χ1n) is 7.76. The summed E-state index contributed by atoms with van der Waals surface area (Å²) in [7, 11) is 1.25. The molecule has 0 aliphatic heterocycles. The molecular weight excluding hydrogens is 310 g/mol. The fourth-order valence-electron chi connectivity index (χ4n) is 2.22. The van der Waals surface area contributed by atoms with Gasteiger partial charge in [0.25, 0.3) is 0 Å². The number of benzene rings is 1. The van der Waals surface area contributed by atoms with Gasteiger partial charge in [-0.05, 0) is 11.5 Å². The van der Waals surface area contributed by atoms with Crippen molar-refractivity contribution in [3.8, 4) is 0 Å². The third-order valence-electron chi connectivity index (χ3n) is 3.56. The van der Waals surface area contributed by atoms with Crippen LogP contribution in [0.2, 0.25) is 0 Å². The zero-order valence-corrected chi connectivity index (χ0v) is 14.3. The van der Waals surface area contributed by atoms with Crippen molar-refractivity contribution in [3.63, 3.8) is 0 Å². The summed E-state index contributed by atoms with van der Waals surface area (Å²) < 4.78 is 9.72. The molecule has 0 spiro atoms. The number of methoxy groups -OCH3 is 1. The van der Waals surface area contributed by atoms with Crippen LogP contribution < -0.4 is 5.32 Å². The summed E-state index contributed by atoms with van der Waals surface area (Å²) in [5.41, 5.74) is 1.02. The standard InChI is InChI=1S/C18H25NO5/c1-12(2)16(15(20)10-13(3)17(21)23-4)19-18(22)24-11-14-8-6-5-7-9-14/h5-9,12,15-16,20H,3,10-11H2,1-2,4H3,(H,19,22)/t15-,16+/m1/s1. The fraction of sp³-hybridized carbons (Fsp3) is 0.444. The Morgan fingerprint density at radius 3 is 2.42 bits per heavy atom. The van der Waals surface area contributed by atoms with Gasteiger partial charge in [0.15, 0.2) is 0 Å². The van der Waals surface area contributed by atoms with E-state index in [2.05, 4.69) is 16.6 Å². The number of ether oxygens (including phenoxy) is 2. The van der Waals surface area contributed by atoms with E-state index in [0.717, 1.165) is 5.56 Å². The van der Waals surface area contributed by atoms with E-state index in [1.165, 1.54) is 7.11 Å². The average Bonchev–Trinajstić information content (AvgIpc) is 2.57. The van der Waals surface area contributed by atoms with Gasteiger partial charge in [-0.2, -0.15) is 0 Å². The van der Waals surface area contributed by atoms with E-state index in [4.69, 9.17) is 4.74 Å². The third-order valence-corrected chi connectivity index (χ3v) is 3.56. The smallest absolute Gasteiger partial charge is 0.407 e. The Morgan fingerprint density at radius 2 is 1.88 bits per heavy atom. The fourth-order valence-corrected chi connectivity index (χ4v) is 2.22. The summed E-state index contributed by atoms with van der Waals surface area (Å²) >= 11 is 0. The topological polar surface area (TPSA) is 84.9 Å². The van der Waals surface area contributed by atoms with Crippen molar-refractivity contribution in [1.82, 2.24) is 5.32 Å². The zero-order chi connectivity index (χ0) is 18.1.